The Morgan fingerprint density at radius 3 is 2.59 bits per heavy atom. The Hall–Kier alpha value is -0.190. The fourth-order valence-corrected chi connectivity index (χ4v) is 4.63. The second-order valence-electron chi connectivity index (χ2n) is 6.30. The molecule has 0 saturated carbocycles. The first-order chi connectivity index (χ1) is 7.99. The molecular weight excluding hydrogens is 232 g/mol. The molecule has 1 fully saturated rings. The van der Waals surface area contributed by atoms with Gasteiger partial charge in [0.05, 0.1) is 5.60 Å². The Bertz CT molecular complexity index is 333. The fraction of sp³-hybridized carbons (Fsp3) is 0.846. The van der Waals surface area contributed by atoms with Gasteiger partial charge in [0, 0.05) is 10.6 Å². The first-order valence-corrected chi connectivity index (χ1v) is 7.45. The van der Waals surface area contributed by atoms with E-state index in [1.54, 1.807) is 0 Å². The minimum atomic E-state index is -0.643. The number of thioether (sulfide) groups is 1. The Balaban J connectivity index is 1.67. The number of piperidine rings is 1. The van der Waals surface area contributed by atoms with E-state index in [0.29, 0.717) is 5.41 Å². The number of nitrogens with one attached hydrogen (secondary N) is 2. The third-order valence-corrected chi connectivity index (χ3v) is 5.90. The quantitative estimate of drug-likeness (QED) is 0.667. The molecule has 3 aliphatic rings. The van der Waals surface area contributed by atoms with Gasteiger partial charge in [-0.1, -0.05) is 0 Å². The summed E-state index contributed by atoms with van der Waals surface area (Å²) in [4.78, 5) is 1.51. The monoisotopic (exact) mass is 254 g/mol. The Kier molecular flexibility index (Phi) is 2.73. The van der Waals surface area contributed by atoms with Gasteiger partial charge in [-0.25, -0.2) is 0 Å². The van der Waals surface area contributed by atoms with Crippen LogP contribution < -0.4 is 10.6 Å². The summed E-state index contributed by atoms with van der Waals surface area (Å²) in [5.41, 5.74) is 1.31. The van der Waals surface area contributed by atoms with E-state index < -0.39 is 5.60 Å². The lowest BCUT2D eigenvalue weighted by molar-refractivity contribution is 0.0709. The van der Waals surface area contributed by atoms with Crippen molar-refractivity contribution >= 4 is 11.8 Å². The van der Waals surface area contributed by atoms with Crippen LogP contribution in [0.4, 0.5) is 0 Å². The Labute approximate surface area is 107 Å². The number of allylic oxidation sites excluding steroid dienone is 2. The van der Waals surface area contributed by atoms with Crippen LogP contribution in [0.5, 0.6) is 0 Å². The molecule has 1 spiro atoms. The van der Waals surface area contributed by atoms with Gasteiger partial charge in [0.15, 0.2) is 0 Å². The van der Waals surface area contributed by atoms with Crippen LogP contribution in [0.2, 0.25) is 0 Å². The van der Waals surface area contributed by atoms with Gasteiger partial charge in [-0.15, -0.1) is 11.8 Å². The first kappa shape index (κ1) is 11.9. The zero-order chi connectivity index (χ0) is 12.1. The molecule has 4 heteroatoms. The van der Waals surface area contributed by atoms with Gasteiger partial charge in [0.25, 0.3) is 0 Å². The van der Waals surface area contributed by atoms with Gasteiger partial charge in [-0.2, -0.15) is 0 Å². The van der Waals surface area contributed by atoms with Crippen LogP contribution in [-0.2, 0) is 0 Å². The summed E-state index contributed by atoms with van der Waals surface area (Å²) in [6.45, 7) is 6.11. The summed E-state index contributed by atoms with van der Waals surface area (Å²) in [7, 11) is 0. The standard InChI is InChI=1S/C13H22N2OS/c1-12(2,16)11-15-9-7-13(8-10(9)17-11)3-5-14-6-4-13/h11,14-16H,3-8H2,1-2H3. The second-order valence-corrected chi connectivity index (χ2v) is 7.50. The summed E-state index contributed by atoms with van der Waals surface area (Å²) < 4.78 is 0. The smallest absolute Gasteiger partial charge is 0.105 e. The largest absolute Gasteiger partial charge is 0.387 e. The molecule has 3 nitrogen and oxygen atoms in total. The van der Waals surface area contributed by atoms with Crippen LogP contribution in [0, 0.1) is 5.41 Å². The van der Waals surface area contributed by atoms with E-state index >= 15 is 0 Å². The highest BCUT2D eigenvalue weighted by Crippen LogP contribution is 2.54. The average Bonchev–Trinajstić information content (AvgIpc) is 2.73. The maximum Gasteiger partial charge on any atom is 0.105 e. The van der Waals surface area contributed by atoms with Gasteiger partial charge in [0.1, 0.15) is 5.37 Å². The van der Waals surface area contributed by atoms with Gasteiger partial charge < -0.3 is 15.7 Å². The summed E-state index contributed by atoms with van der Waals surface area (Å²) in [6.07, 6.45) is 5.03. The van der Waals surface area contributed by atoms with Gasteiger partial charge in [0.2, 0.25) is 0 Å². The van der Waals surface area contributed by atoms with Crippen LogP contribution in [-0.4, -0.2) is 29.2 Å². The highest BCUT2D eigenvalue weighted by molar-refractivity contribution is 8.04. The molecule has 1 unspecified atom stereocenters. The first-order valence-electron chi connectivity index (χ1n) is 6.57. The van der Waals surface area contributed by atoms with E-state index in [0.717, 1.165) is 0 Å². The fourth-order valence-electron chi connectivity index (χ4n) is 3.19. The van der Waals surface area contributed by atoms with Crippen LogP contribution in [0.1, 0.15) is 39.5 Å². The normalized spacial score (nSPS) is 31.8. The molecule has 0 aromatic rings. The molecule has 2 heterocycles. The lowest BCUT2D eigenvalue weighted by Gasteiger charge is -2.36. The molecule has 1 saturated heterocycles. The minimum Gasteiger partial charge on any atom is -0.387 e. The third kappa shape index (κ3) is 2.11. The molecule has 17 heavy (non-hydrogen) atoms. The molecule has 1 atom stereocenters. The third-order valence-electron chi connectivity index (χ3n) is 4.30. The van der Waals surface area contributed by atoms with Crippen molar-refractivity contribution in [2.75, 3.05) is 13.1 Å². The predicted octanol–water partition coefficient (Wildman–Crippen LogP) is 1.79. The maximum absolute atomic E-state index is 10.1. The SMILES string of the molecule is CC(C)(O)C1NC2=C(CC3(CCNCC3)C2)S1. The van der Waals surface area contributed by atoms with Gasteiger partial charge in [-0.05, 0) is 58.0 Å². The highest BCUT2D eigenvalue weighted by Gasteiger charge is 2.45. The van der Waals surface area contributed by atoms with Crippen LogP contribution in [0.25, 0.3) is 0 Å². The van der Waals surface area contributed by atoms with E-state index in [-0.39, 0.29) is 5.37 Å². The second kappa shape index (κ2) is 3.90. The molecular formula is C13H22N2OS. The summed E-state index contributed by atoms with van der Waals surface area (Å²) in [6, 6.07) is 0. The zero-order valence-electron chi connectivity index (χ0n) is 10.7. The number of aliphatic hydroxyl groups is 1. The van der Waals surface area contributed by atoms with Crippen molar-refractivity contribution in [2.24, 2.45) is 5.41 Å². The lowest BCUT2D eigenvalue weighted by atomic mass is 9.76. The Morgan fingerprint density at radius 1 is 1.29 bits per heavy atom. The molecule has 3 N–H and O–H groups in total. The minimum absolute atomic E-state index is 0.145. The zero-order valence-corrected chi connectivity index (χ0v) is 11.5. The molecule has 96 valence electrons. The summed E-state index contributed by atoms with van der Waals surface area (Å²) in [5.74, 6) is 0. The summed E-state index contributed by atoms with van der Waals surface area (Å²) >= 11 is 1.85. The van der Waals surface area contributed by atoms with E-state index in [1.807, 2.05) is 25.6 Å². The lowest BCUT2D eigenvalue weighted by Crippen LogP contribution is -2.43. The molecule has 1 aliphatic carbocycles. The average molecular weight is 254 g/mol. The molecule has 0 aromatic heterocycles. The molecule has 2 aliphatic heterocycles. The topological polar surface area (TPSA) is 44.3 Å². The van der Waals surface area contributed by atoms with Crippen molar-refractivity contribution in [3.63, 3.8) is 0 Å². The van der Waals surface area contributed by atoms with Crippen molar-refractivity contribution in [2.45, 2.75) is 50.5 Å². The van der Waals surface area contributed by atoms with E-state index in [4.69, 9.17) is 0 Å². The number of hydrogen-bond donors (Lipinski definition) is 3. The van der Waals surface area contributed by atoms with E-state index in [9.17, 15) is 5.11 Å². The van der Waals surface area contributed by atoms with Gasteiger partial charge >= 0.3 is 0 Å². The maximum atomic E-state index is 10.1. The van der Waals surface area contributed by atoms with E-state index in [2.05, 4.69) is 10.6 Å². The number of hydrogen-bond acceptors (Lipinski definition) is 4. The molecule has 0 aromatic carbocycles. The molecule has 0 amide bonds. The van der Waals surface area contributed by atoms with Crippen LogP contribution >= 0.6 is 11.8 Å². The predicted molar refractivity (Wildman–Crippen MR) is 71.6 cm³/mol. The number of rotatable bonds is 1. The Morgan fingerprint density at radius 2 is 2.00 bits per heavy atom. The van der Waals surface area contributed by atoms with Crippen molar-refractivity contribution in [1.29, 1.82) is 0 Å². The van der Waals surface area contributed by atoms with Crippen molar-refractivity contribution < 1.29 is 5.11 Å². The highest BCUT2D eigenvalue weighted by atomic mass is 32.2. The van der Waals surface area contributed by atoms with Crippen molar-refractivity contribution in [3.05, 3.63) is 10.6 Å². The van der Waals surface area contributed by atoms with E-state index in [1.165, 1.54) is 49.4 Å². The van der Waals surface area contributed by atoms with Crippen molar-refractivity contribution in [1.82, 2.24) is 10.6 Å². The van der Waals surface area contributed by atoms with Crippen molar-refractivity contribution in [3.8, 4) is 0 Å². The molecule has 0 bridgehead atoms. The molecule has 0 radical (unpaired) electrons. The summed E-state index contributed by atoms with van der Waals surface area (Å²) in [5, 5.41) is 17.2. The van der Waals surface area contributed by atoms with Gasteiger partial charge in [-0.3, -0.25) is 0 Å². The molecule has 3 rings (SSSR count). The van der Waals surface area contributed by atoms with Crippen LogP contribution in [0.3, 0.4) is 0 Å². The van der Waals surface area contributed by atoms with Crippen LogP contribution in [0.15, 0.2) is 10.6 Å².